The van der Waals surface area contributed by atoms with Gasteiger partial charge in [-0.15, -0.1) is 0 Å². The van der Waals surface area contributed by atoms with E-state index in [0.29, 0.717) is 0 Å². The largest absolute Gasteiger partial charge is 0.394 e. The summed E-state index contributed by atoms with van der Waals surface area (Å²) >= 11 is 0. The second-order valence-corrected chi connectivity index (χ2v) is 36.4. The monoisotopic (exact) mass is 2100 g/mol. The molecule has 0 unspecified atom stereocenters. The number of aliphatic hydroxyl groups is 33. The van der Waals surface area contributed by atoms with Gasteiger partial charge in [-0.05, 0) is 13.8 Å². The molecule has 11 fully saturated rings. The molecule has 37 N–H and O–H groups in total. The van der Waals surface area contributed by atoms with Crippen LogP contribution in [0.2, 0.25) is 0 Å². The molecule has 11 aliphatic rings. The van der Waals surface area contributed by atoms with Crippen LogP contribution in [0.15, 0.2) is 0 Å². The topological polar surface area (TPSA) is 987 Å². The van der Waals surface area contributed by atoms with Crippen molar-refractivity contribution < 1.29 is 292 Å². The summed E-state index contributed by atoms with van der Waals surface area (Å²) in [5, 5.41) is 379. The highest BCUT2D eigenvalue weighted by Crippen LogP contribution is 2.43. The number of hydrogen-bond acceptors (Lipinski definition) is 59. The van der Waals surface area contributed by atoms with E-state index in [4.69, 9.17) is 104 Å². The van der Waals surface area contributed by atoms with Gasteiger partial charge in [-0.3, -0.25) is 19.2 Å². The second kappa shape index (κ2) is 52.3. The van der Waals surface area contributed by atoms with Crippen molar-refractivity contribution in [1.82, 2.24) is 21.3 Å². The summed E-state index contributed by atoms with van der Waals surface area (Å²) < 4.78 is 133. The average molecular weight is 2100 g/mol. The summed E-state index contributed by atoms with van der Waals surface area (Å²) in [6.07, 6.45) is -119. The Morgan fingerprint density at radius 2 is 0.510 bits per heavy atom. The van der Waals surface area contributed by atoms with Crippen LogP contribution >= 0.6 is 0 Å². The van der Waals surface area contributed by atoms with Gasteiger partial charge in [0.1, 0.15) is 281 Å². The zero-order chi connectivity index (χ0) is 106. The maximum atomic E-state index is 14.0. The molecule has 4 amide bonds. The van der Waals surface area contributed by atoms with Crippen molar-refractivity contribution in [1.29, 1.82) is 0 Å². The first-order valence-electron chi connectivity index (χ1n) is 45.8. The zero-order valence-corrected chi connectivity index (χ0v) is 77.2. The molecule has 0 saturated carbocycles. The number of hydrogen-bond donors (Lipinski definition) is 37. The standard InChI is InChI=1S/C80H136N4O59/c1-18-39(100)50(111)55(116)74(124-18)138-64-32(15-93)132-73(38(84-23(6)97)66(64)140-80-69(54(115)44(105)28(11-89)129-80)143-75-56(117)51(112)40(101)19(2)125-75)142-68-47(108)34(17-123-70-35(81-20(3)94)48(109)62(30(13-91)130-70)136-76-57(118)52(113)42(103)26(9-87)127-76)134-79(60(68)121)137-63-31(14-92)131-71(36(49(63)110)82-21(4)95)122-16-33-46(107)67(59(120)78(133-33)135-61(25(99)8-86)41(102)24(98)7-85)141-72-37(83-22(5)96)65(45(106)29(12-90)126-72)139-77-58(119)53(114)43(104)27(10-88)128-77/h18-19,24-80,85-93,98-121H,7-17H2,1-6H3,(H,81,94)(H,82,95)(H,83,96)(H,84,97)/t18-,19-,24-,25+,26+,27+,28+,29+,30+,31+,32+,33+,34+,35+,36+,37+,38+,39+,40+,41+,42-,43-,44-,45+,46-,47-,48+,49+,50+,51+,52-,53-,54-,55-,56-,57+,58+,59+,60+,61+,62+,63+,64+,65+,66+,67-,68-,69+,70+,71+,72-,73-,74-,75-,76-,77-,78-,79-,80-/m0/s1. The Labute approximate surface area is 810 Å². The van der Waals surface area contributed by atoms with E-state index < -0.39 is 458 Å². The lowest BCUT2D eigenvalue weighted by molar-refractivity contribution is -0.401. The maximum Gasteiger partial charge on any atom is 0.217 e. The van der Waals surface area contributed by atoms with Crippen LogP contribution in [-0.2, 0) is 123 Å². The number of aliphatic hydroxyl groups excluding tert-OH is 33. The molecular weight excluding hydrogens is 1960 g/mol. The Balaban J connectivity index is 0.953. The molecule has 0 aliphatic carbocycles. The first-order chi connectivity index (χ1) is 67.6. The van der Waals surface area contributed by atoms with Gasteiger partial charge in [-0.2, -0.15) is 0 Å². The molecule has 11 rings (SSSR count). The lowest BCUT2D eigenvalue weighted by atomic mass is 9.93. The SMILES string of the molecule is CC(=O)N[C@H]1[C@H](OC[C@H]2O[C@@H](O[C@H]3[C@H](O)[C@@H](NC(C)=O)[C@H](OC[C@H]4O[C@@H](O[C@@H]([C@H](O)[C@@H](O)CO)[C@H](O)CO)[C@H](O)[C@@H](O[C@@H]5O[C@H](CO)[C@@H](O)[C@H](O[C@@H]6O[C@H](CO)[C@H](O)[C@H](O)[C@H]6O)[C@H]5NC(C)=O)[C@H]4O)O[C@@H]3CO)[C@H](O)[C@@H](O[C@@H]3O[C@H](CO)[C@@H](O[C@@H]4O[C@@H](C)[C@@H](O)[C@@H](O)[C@@H]4O)[C@H](O[C@@H]4O[C@H](CO)[C@H](O)[C@H](O)[C@H]4O[C@@H]4O[C@@H](C)[C@@H](O)[C@@H](O)[C@@H]4O)[C@H]3NC(C)=O)[C@H]2O)O[C@H](CO)[C@@H](O[C@@H]2O[C@H](CO)[C@H](O)[C@H](O)[C@H]2O)[C@@H]1O. The summed E-state index contributed by atoms with van der Waals surface area (Å²) in [5.41, 5.74) is 0. The smallest absolute Gasteiger partial charge is 0.217 e. The quantitative estimate of drug-likeness (QED) is 0.0271. The number of amides is 4. The number of nitrogens with one attached hydrogen (secondary N) is 4. The van der Waals surface area contributed by atoms with Crippen molar-refractivity contribution in [2.24, 2.45) is 0 Å². The second-order valence-electron chi connectivity index (χ2n) is 36.4. The average Bonchev–Trinajstić information content (AvgIpc) is 0.765. The van der Waals surface area contributed by atoms with E-state index in [2.05, 4.69) is 21.3 Å². The Morgan fingerprint density at radius 3 is 0.909 bits per heavy atom. The normalized spacial score (nSPS) is 48.3. The third kappa shape index (κ3) is 26.8. The highest BCUT2D eigenvalue weighted by Gasteiger charge is 2.64. The molecule has 0 aromatic carbocycles. The summed E-state index contributed by atoms with van der Waals surface area (Å²) in [6.45, 7) is -7.27. The van der Waals surface area contributed by atoms with Crippen LogP contribution in [-0.4, -0.2) is 627 Å². The molecule has 63 heteroatoms. The van der Waals surface area contributed by atoms with Crippen molar-refractivity contribution in [3.8, 4) is 0 Å². The van der Waals surface area contributed by atoms with Crippen molar-refractivity contribution in [2.75, 3.05) is 72.7 Å². The van der Waals surface area contributed by atoms with Crippen LogP contribution in [0.1, 0.15) is 41.5 Å². The molecule has 0 bridgehead atoms. The van der Waals surface area contributed by atoms with Crippen LogP contribution in [0.4, 0.5) is 0 Å². The van der Waals surface area contributed by atoms with E-state index in [0.717, 1.165) is 27.7 Å². The minimum atomic E-state index is -2.70. The van der Waals surface area contributed by atoms with Gasteiger partial charge in [0.2, 0.25) is 23.6 Å². The molecule has 0 aromatic rings. The predicted molar refractivity (Wildman–Crippen MR) is 441 cm³/mol. The molecule has 0 spiro atoms. The third-order valence-corrected chi connectivity index (χ3v) is 26.2. The van der Waals surface area contributed by atoms with Crippen LogP contribution in [0, 0.1) is 0 Å². The molecule has 11 aliphatic heterocycles. The molecule has 63 nitrogen and oxygen atoms in total. The Hall–Kier alpha value is -4.32. The van der Waals surface area contributed by atoms with Crippen LogP contribution in [0.3, 0.4) is 0 Å². The van der Waals surface area contributed by atoms with Crippen LogP contribution in [0.25, 0.3) is 0 Å². The molecule has 11 saturated heterocycles. The predicted octanol–water partition coefficient (Wildman–Crippen LogP) is -24.9. The molecule has 830 valence electrons. The minimum absolute atomic E-state index is 0.859. The van der Waals surface area contributed by atoms with E-state index >= 15 is 0 Å². The van der Waals surface area contributed by atoms with Gasteiger partial charge in [0.05, 0.1) is 84.9 Å². The summed E-state index contributed by atoms with van der Waals surface area (Å²) in [4.78, 5) is 53.7. The van der Waals surface area contributed by atoms with Gasteiger partial charge >= 0.3 is 0 Å². The summed E-state index contributed by atoms with van der Waals surface area (Å²) in [7, 11) is 0. The molecule has 0 aromatic heterocycles. The highest BCUT2D eigenvalue weighted by atomic mass is 16.8. The van der Waals surface area contributed by atoms with E-state index in [1.54, 1.807) is 0 Å². The van der Waals surface area contributed by atoms with E-state index in [9.17, 15) is 188 Å². The number of carbonyl (C=O) groups is 4. The van der Waals surface area contributed by atoms with E-state index in [1.807, 2.05) is 0 Å². The number of ether oxygens (including phenoxy) is 22. The van der Waals surface area contributed by atoms with Gasteiger partial charge in [0.15, 0.2) is 69.2 Å². The zero-order valence-electron chi connectivity index (χ0n) is 77.2. The van der Waals surface area contributed by atoms with Crippen molar-refractivity contribution in [2.45, 2.75) is 403 Å². The Kier molecular flexibility index (Phi) is 43.5. The molecule has 0 radical (unpaired) electrons. The molecule has 59 atom stereocenters. The first kappa shape index (κ1) is 119. The fourth-order valence-corrected chi connectivity index (χ4v) is 18.3. The highest BCUT2D eigenvalue weighted by molar-refractivity contribution is 5.74. The van der Waals surface area contributed by atoms with Crippen molar-refractivity contribution >= 4 is 23.6 Å². The molecule has 143 heavy (non-hydrogen) atoms. The van der Waals surface area contributed by atoms with Gasteiger partial charge < -0.3 is 294 Å². The van der Waals surface area contributed by atoms with Crippen molar-refractivity contribution in [3.05, 3.63) is 0 Å². The fraction of sp³-hybridized carbons (Fsp3) is 0.950. The number of carbonyl (C=O) groups excluding carboxylic acids is 4. The van der Waals surface area contributed by atoms with Crippen molar-refractivity contribution in [3.63, 3.8) is 0 Å². The molecule has 11 heterocycles. The Morgan fingerprint density at radius 1 is 0.238 bits per heavy atom. The number of rotatable bonds is 40. The van der Waals surface area contributed by atoms with Crippen LogP contribution < -0.4 is 21.3 Å². The van der Waals surface area contributed by atoms with E-state index in [-0.39, 0.29) is 0 Å². The fourth-order valence-electron chi connectivity index (χ4n) is 18.3. The lowest BCUT2D eigenvalue weighted by Crippen LogP contribution is -2.72. The lowest BCUT2D eigenvalue weighted by Gasteiger charge is -2.52. The van der Waals surface area contributed by atoms with Gasteiger partial charge in [0.25, 0.3) is 0 Å². The summed E-state index contributed by atoms with van der Waals surface area (Å²) in [5.74, 6) is -4.16. The minimum Gasteiger partial charge on any atom is -0.394 e. The summed E-state index contributed by atoms with van der Waals surface area (Å²) in [6, 6.07) is -8.27. The van der Waals surface area contributed by atoms with Gasteiger partial charge in [-0.25, -0.2) is 0 Å². The molecular formula is C80H136N4O59. The Bertz CT molecular complexity index is 3900. The van der Waals surface area contributed by atoms with E-state index in [1.165, 1.54) is 13.8 Å². The van der Waals surface area contributed by atoms with Gasteiger partial charge in [0, 0.05) is 27.7 Å². The first-order valence-corrected chi connectivity index (χ1v) is 45.8. The maximum absolute atomic E-state index is 14.0. The van der Waals surface area contributed by atoms with Gasteiger partial charge in [-0.1, -0.05) is 0 Å². The van der Waals surface area contributed by atoms with Crippen LogP contribution in [0.5, 0.6) is 0 Å². The third-order valence-electron chi connectivity index (χ3n) is 26.2.